The summed E-state index contributed by atoms with van der Waals surface area (Å²) < 4.78 is 4.92. The predicted molar refractivity (Wildman–Crippen MR) is 74.4 cm³/mol. The third kappa shape index (κ3) is 4.27. The molecule has 0 aliphatic heterocycles. The molecule has 0 amide bonds. The van der Waals surface area contributed by atoms with Gasteiger partial charge in [0.25, 0.3) is 0 Å². The maximum absolute atomic E-state index is 11.8. The first kappa shape index (κ1) is 15.5. The Morgan fingerprint density at radius 1 is 1.39 bits per heavy atom. The van der Waals surface area contributed by atoms with E-state index in [-0.39, 0.29) is 12.0 Å². The molecule has 0 saturated heterocycles. The van der Waals surface area contributed by atoms with Gasteiger partial charge in [-0.1, -0.05) is 34.1 Å². The maximum Gasteiger partial charge on any atom is 0.323 e. The molecule has 1 rings (SSSR count). The van der Waals surface area contributed by atoms with Crippen LogP contribution in [0.3, 0.4) is 0 Å². The lowest BCUT2D eigenvalue weighted by Crippen LogP contribution is -2.49. The van der Waals surface area contributed by atoms with E-state index in [0.29, 0.717) is 17.4 Å². The van der Waals surface area contributed by atoms with Gasteiger partial charge in [-0.05, 0) is 37.0 Å². The molecular formula is C15H29NO2. The predicted octanol–water partition coefficient (Wildman–Crippen LogP) is 3.13. The number of hydrogen-bond donors (Lipinski definition) is 1. The molecule has 2 atom stereocenters. The number of ether oxygens (including phenoxy) is 1. The molecule has 0 heterocycles. The lowest BCUT2D eigenvalue weighted by Gasteiger charge is -2.37. The number of carbonyl (C=O) groups is 1. The molecule has 1 aliphatic rings. The molecule has 0 radical (unpaired) electrons. The van der Waals surface area contributed by atoms with Gasteiger partial charge in [-0.15, -0.1) is 0 Å². The van der Waals surface area contributed by atoms with Crippen molar-refractivity contribution >= 4 is 5.97 Å². The van der Waals surface area contributed by atoms with Crippen LogP contribution in [0.4, 0.5) is 0 Å². The van der Waals surface area contributed by atoms with Gasteiger partial charge in [-0.2, -0.15) is 0 Å². The first-order valence-electron chi connectivity index (χ1n) is 7.23. The molecule has 0 aromatic rings. The highest BCUT2D eigenvalue weighted by Crippen LogP contribution is 2.35. The fourth-order valence-electron chi connectivity index (χ4n) is 2.65. The quantitative estimate of drug-likeness (QED) is 0.767. The second-order valence-corrected chi connectivity index (χ2v) is 6.49. The minimum absolute atomic E-state index is 0.116. The third-order valence-electron chi connectivity index (χ3n) is 4.42. The number of rotatable bonds is 5. The number of hydrogen-bond acceptors (Lipinski definition) is 3. The van der Waals surface area contributed by atoms with Gasteiger partial charge in [0.2, 0.25) is 0 Å². The Kier molecular flexibility index (Phi) is 5.64. The van der Waals surface area contributed by atoms with Crippen LogP contribution in [0.1, 0.15) is 59.8 Å². The Morgan fingerprint density at radius 3 is 2.39 bits per heavy atom. The highest BCUT2D eigenvalue weighted by molar-refractivity contribution is 5.76. The van der Waals surface area contributed by atoms with Gasteiger partial charge in [-0.3, -0.25) is 4.79 Å². The second-order valence-electron chi connectivity index (χ2n) is 6.49. The van der Waals surface area contributed by atoms with Crippen LogP contribution >= 0.6 is 0 Å². The normalized spacial score (nSPS) is 23.4. The van der Waals surface area contributed by atoms with Gasteiger partial charge in [0.05, 0.1) is 7.11 Å². The van der Waals surface area contributed by atoms with Gasteiger partial charge in [0.1, 0.15) is 6.04 Å². The average molecular weight is 255 g/mol. The van der Waals surface area contributed by atoms with Crippen LogP contribution in [0, 0.1) is 11.3 Å². The van der Waals surface area contributed by atoms with Crippen molar-refractivity contribution < 1.29 is 9.53 Å². The highest BCUT2D eigenvalue weighted by Gasteiger charge is 2.31. The van der Waals surface area contributed by atoms with E-state index in [1.54, 1.807) is 0 Å². The van der Waals surface area contributed by atoms with E-state index in [0.717, 1.165) is 19.3 Å². The molecule has 0 bridgehead atoms. The number of carbonyl (C=O) groups excluding carboxylic acids is 1. The molecule has 1 fully saturated rings. The van der Waals surface area contributed by atoms with Crippen molar-refractivity contribution in [3.63, 3.8) is 0 Å². The third-order valence-corrected chi connectivity index (χ3v) is 4.42. The van der Waals surface area contributed by atoms with Crippen molar-refractivity contribution in [1.29, 1.82) is 0 Å². The molecule has 1 N–H and O–H groups in total. The molecule has 0 aromatic heterocycles. The number of methoxy groups -OCH3 is 1. The van der Waals surface area contributed by atoms with Crippen molar-refractivity contribution in [3.05, 3.63) is 0 Å². The standard InChI is InChI=1S/C15H29NO2/c1-6-11(2)13(14(17)18-5)16-12-7-9-15(3,4)10-8-12/h11-13,16H,6-10H2,1-5H3. The molecule has 0 aromatic carbocycles. The number of esters is 1. The summed E-state index contributed by atoms with van der Waals surface area (Å²) in [6.07, 6.45) is 5.79. The molecule has 0 spiro atoms. The van der Waals surface area contributed by atoms with Crippen molar-refractivity contribution in [1.82, 2.24) is 5.32 Å². The molecule has 3 heteroatoms. The topological polar surface area (TPSA) is 38.3 Å². The highest BCUT2D eigenvalue weighted by atomic mass is 16.5. The van der Waals surface area contributed by atoms with Crippen molar-refractivity contribution in [2.45, 2.75) is 71.9 Å². The lowest BCUT2D eigenvalue weighted by atomic mass is 9.75. The van der Waals surface area contributed by atoms with Crippen LogP contribution in [0.2, 0.25) is 0 Å². The van der Waals surface area contributed by atoms with Crippen molar-refractivity contribution in [2.24, 2.45) is 11.3 Å². The molecule has 18 heavy (non-hydrogen) atoms. The second kappa shape index (κ2) is 6.55. The minimum atomic E-state index is -0.147. The van der Waals surface area contributed by atoms with E-state index < -0.39 is 0 Å². The van der Waals surface area contributed by atoms with Crippen LogP contribution in [-0.2, 0) is 9.53 Å². The molecular weight excluding hydrogens is 226 g/mol. The van der Waals surface area contributed by atoms with Crippen LogP contribution in [0.5, 0.6) is 0 Å². The smallest absolute Gasteiger partial charge is 0.323 e. The fourth-order valence-corrected chi connectivity index (χ4v) is 2.65. The van der Waals surface area contributed by atoms with Crippen molar-refractivity contribution in [3.8, 4) is 0 Å². The summed E-state index contributed by atoms with van der Waals surface area (Å²) in [6.45, 7) is 8.89. The van der Waals surface area contributed by atoms with Gasteiger partial charge in [0, 0.05) is 6.04 Å². The zero-order chi connectivity index (χ0) is 13.8. The average Bonchev–Trinajstić information content (AvgIpc) is 2.35. The molecule has 1 saturated carbocycles. The van der Waals surface area contributed by atoms with Crippen LogP contribution in [0.15, 0.2) is 0 Å². The van der Waals surface area contributed by atoms with Crippen LogP contribution in [-0.4, -0.2) is 25.2 Å². The first-order valence-corrected chi connectivity index (χ1v) is 7.23. The van der Waals surface area contributed by atoms with E-state index in [2.05, 4.69) is 33.0 Å². The summed E-state index contributed by atoms with van der Waals surface area (Å²) in [7, 11) is 1.48. The largest absolute Gasteiger partial charge is 0.468 e. The Bertz CT molecular complexity index is 266. The summed E-state index contributed by atoms with van der Waals surface area (Å²) in [5.41, 5.74) is 0.468. The van der Waals surface area contributed by atoms with E-state index in [1.807, 2.05) is 0 Å². The monoisotopic (exact) mass is 255 g/mol. The van der Waals surface area contributed by atoms with E-state index >= 15 is 0 Å². The molecule has 2 unspecified atom stereocenters. The number of nitrogens with one attached hydrogen (secondary N) is 1. The summed E-state index contributed by atoms with van der Waals surface area (Å²) in [6, 6.07) is 0.322. The Morgan fingerprint density at radius 2 is 1.94 bits per heavy atom. The fraction of sp³-hybridized carbons (Fsp3) is 0.933. The van der Waals surface area contributed by atoms with Crippen LogP contribution in [0.25, 0.3) is 0 Å². The van der Waals surface area contributed by atoms with Gasteiger partial charge in [0.15, 0.2) is 0 Å². The van der Waals surface area contributed by atoms with E-state index in [9.17, 15) is 4.79 Å². The summed E-state index contributed by atoms with van der Waals surface area (Å²) in [5, 5.41) is 3.52. The van der Waals surface area contributed by atoms with Gasteiger partial charge < -0.3 is 10.1 Å². The minimum Gasteiger partial charge on any atom is -0.468 e. The summed E-state index contributed by atoms with van der Waals surface area (Å²) >= 11 is 0. The summed E-state index contributed by atoms with van der Waals surface area (Å²) in [5.74, 6) is 0.210. The SMILES string of the molecule is CCC(C)C(NC1CCC(C)(C)CC1)C(=O)OC. The molecule has 3 nitrogen and oxygen atoms in total. The zero-order valence-corrected chi connectivity index (χ0v) is 12.6. The van der Waals surface area contributed by atoms with Gasteiger partial charge in [-0.25, -0.2) is 0 Å². The summed E-state index contributed by atoms with van der Waals surface area (Å²) in [4.78, 5) is 11.8. The first-order chi connectivity index (χ1) is 8.39. The lowest BCUT2D eigenvalue weighted by molar-refractivity contribution is -0.145. The Hall–Kier alpha value is -0.570. The molecule has 1 aliphatic carbocycles. The Labute approximate surface area is 112 Å². The van der Waals surface area contributed by atoms with E-state index in [4.69, 9.17) is 4.74 Å². The molecule has 106 valence electrons. The van der Waals surface area contributed by atoms with Gasteiger partial charge >= 0.3 is 5.97 Å². The zero-order valence-electron chi connectivity index (χ0n) is 12.6. The van der Waals surface area contributed by atoms with Crippen LogP contribution < -0.4 is 5.32 Å². The van der Waals surface area contributed by atoms with Crippen molar-refractivity contribution in [2.75, 3.05) is 7.11 Å². The Balaban J connectivity index is 2.54. The maximum atomic E-state index is 11.8. The van der Waals surface area contributed by atoms with E-state index in [1.165, 1.54) is 20.0 Å².